The average molecular weight is 286 g/mol. The van der Waals surface area contributed by atoms with Gasteiger partial charge in [-0.2, -0.15) is 0 Å². The van der Waals surface area contributed by atoms with Crippen molar-refractivity contribution in [1.29, 1.82) is 0 Å². The van der Waals surface area contributed by atoms with Gasteiger partial charge >= 0.3 is 0 Å². The van der Waals surface area contributed by atoms with Crippen molar-refractivity contribution in [3.63, 3.8) is 0 Å². The summed E-state index contributed by atoms with van der Waals surface area (Å²) in [5.74, 6) is 1.67. The summed E-state index contributed by atoms with van der Waals surface area (Å²) in [6.45, 7) is 0. The molecule has 1 aromatic carbocycles. The monoisotopic (exact) mass is 285 g/mol. The Hall–Kier alpha value is -1.54. The minimum Gasteiger partial charge on any atom is -0.458 e. The number of furan rings is 1. The van der Waals surface area contributed by atoms with Crippen molar-refractivity contribution in [3.8, 4) is 0 Å². The molecule has 0 amide bonds. The van der Waals surface area contributed by atoms with Crippen LogP contribution in [0.15, 0.2) is 34.9 Å². The molecule has 1 aliphatic carbocycles. The number of hydrogen-bond acceptors (Lipinski definition) is 2. The van der Waals surface area contributed by atoms with E-state index < -0.39 is 0 Å². The van der Waals surface area contributed by atoms with Crippen LogP contribution in [0.25, 0.3) is 21.9 Å². The largest absolute Gasteiger partial charge is 0.458 e. The van der Waals surface area contributed by atoms with Crippen LogP contribution < -0.4 is 0 Å². The zero-order valence-corrected chi connectivity index (χ0v) is 12.0. The Labute approximate surface area is 122 Å². The van der Waals surface area contributed by atoms with E-state index in [1.165, 1.54) is 32.1 Å². The highest BCUT2D eigenvalue weighted by Gasteiger charge is 2.20. The zero-order valence-electron chi connectivity index (χ0n) is 11.2. The topological polar surface area (TPSA) is 26.0 Å². The molecule has 2 nitrogen and oxygen atoms in total. The molecule has 2 heterocycles. The Bertz CT molecular complexity index is 771. The van der Waals surface area contributed by atoms with Gasteiger partial charge in [-0.3, -0.25) is 4.98 Å². The van der Waals surface area contributed by atoms with Gasteiger partial charge in [-0.1, -0.05) is 30.9 Å². The Morgan fingerprint density at radius 2 is 2.00 bits per heavy atom. The minimum absolute atomic E-state index is 0.564. The molecule has 4 rings (SSSR count). The summed E-state index contributed by atoms with van der Waals surface area (Å²) in [6.07, 6.45) is 8.23. The summed E-state index contributed by atoms with van der Waals surface area (Å²) in [6, 6.07) is 8.06. The van der Waals surface area contributed by atoms with E-state index in [1.807, 2.05) is 18.2 Å². The van der Waals surface area contributed by atoms with E-state index in [1.54, 1.807) is 6.20 Å². The van der Waals surface area contributed by atoms with Gasteiger partial charge in [0, 0.05) is 22.9 Å². The number of aromatic nitrogens is 1. The van der Waals surface area contributed by atoms with Crippen LogP contribution in [0.2, 0.25) is 5.02 Å². The smallest absolute Gasteiger partial charge is 0.160 e. The molecule has 0 saturated heterocycles. The van der Waals surface area contributed by atoms with Crippen LogP contribution in [0, 0.1) is 0 Å². The lowest BCUT2D eigenvalue weighted by atomic mass is 9.87. The number of fused-ring (bicyclic) bond motifs is 3. The second-order valence-electron chi connectivity index (χ2n) is 5.66. The predicted octanol–water partition coefficient (Wildman–Crippen LogP) is 5.68. The molecule has 0 aliphatic heterocycles. The molecule has 102 valence electrons. The van der Waals surface area contributed by atoms with Crippen molar-refractivity contribution >= 4 is 33.5 Å². The van der Waals surface area contributed by atoms with E-state index in [0.717, 1.165) is 32.7 Å². The van der Waals surface area contributed by atoms with Gasteiger partial charge in [0.25, 0.3) is 0 Å². The van der Waals surface area contributed by atoms with Crippen LogP contribution in [0.4, 0.5) is 0 Å². The molecular weight excluding hydrogens is 270 g/mol. The van der Waals surface area contributed by atoms with Crippen LogP contribution in [-0.2, 0) is 0 Å². The van der Waals surface area contributed by atoms with Gasteiger partial charge in [-0.05, 0) is 37.1 Å². The average Bonchev–Trinajstić information content (AvgIpc) is 2.93. The van der Waals surface area contributed by atoms with Gasteiger partial charge in [-0.15, -0.1) is 0 Å². The van der Waals surface area contributed by atoms with E-state index in [0.29, 0.717) is 5.92 Å². The summed E-state index contributed by atoms with van der Waals surface area (Å²) in [5, 5.41) is 2.78. The molecule has 0 N–H and O–H groups in total. The summed E-state index contributed by atoms with van der Waals surface area (Å²) in [4.78, 5) is 4.45. The Morgan fingerprint density at radius 1 is 1.15 bits per heavy atom. The molecule has 3 aromatic rings. The van der Waals surface area contributed by atoms with Gasteiger partial charge in [-0.25, -0.2) is 0 Å². The normalized spacial score (nSPS) is 17.1. The third kappa shape index (κ3) is 1.90. The molecule has 0 atom stereocenters. The molecule has 0 spiro atoms. The number of halogens is 1. The summed E-state index contributed by atoms with van der Waals surface area (Å²) < 4.78 is 6.15. The van der Waals surface area contributed by atoms with Crippen molar-refractivity contribution in [2.45, 2.75) is 38.0 Å². The molecule has 0 unspecified atom stereocenters. The fourth-order valence-corrected chi connectivity index (χ4v) is 3.57. The van der Waals surface area contributed by atoms with Crippen LogP contribution in [0.5, 0.6) is 0 Å². The van der Waals surface area contributed by atoms with Gasteiger partial charge in [0.2, 0.25) is 0 Å². The first-order chi connectivity index (χ1) is 9.83. The van der Waals surface area contributed by atoms with Gasteiger partial charge in [0.1, 0.15) is 11.3 Å². The number of pyridine rings is 1. The molecule has 0 radical (unpaired) electrons. The molecule has 0 bridgehead atoms. The number of benzene rings is 1. The van der Waals surface area contributed by atoms with Crippen molar-refractivity contribution in [3.05, 3.63) is 41.2 Å². The maximum Gasteiger partial charge on any atom is 0.160 e. The van der Waals surface area contributed by atoms with Crippen LogP contribution >= 0.6 is 11.6 Å². The number of rotatable bonds is 1. The molecule has 1 aliphatic rings. The van der Waals surface area contributed by atoms with Crippen molar-refractivity contribution in [1.82, 2.24) is 4.98 Å². The van der Waals surface area contributed by atoms with E-state index in [2.05, 4.69) is 11.1 Å². The Kier molecular flexibility index (Phi) is 2.92. The maximum absolute atomic E-state index is 6.35. The third-order valence-corrected chi connectivity index (χ3v) is 4.66. The second kappa shape index (κ2) is 4.78. The molecule has 1 saturated carbocycles. The maximum atomic E-state index is 6.35. The molecule has 1 fully saturated rings. The van der Waals surface area contributed by atoms with Gasteiger partial charge in [0.15, 0.2) is 5.58 Å². The SMILES string of the molecule is Clc1cc2cc(C3CCCCC3)oc2c2ncccc12. The fourth-order valence-electron chi connectivity index (χ4n) is 3.30. The van der Waals surface area contributed by atoms with Gasteiger partial charge in [0.05, 0.1) is 5.02 Å². The van der Waals surface area contributed by atoms with Crippen LogP contribution in [0.1, 0.15) is 43.8 Å². The van der Waals surface area contributed by atoms with E-state index >= 15 is 0 Å². The van der Waals surface area contributed by atoms with Crippen LogP contribution in [-0.4, -0.2) is 4.98 Å². The van der Waals surface area contributed by atoms with Crippen molar-refractivity contribution in [2.75, 3.05) is 0 Å². The van der Waals surface area contributed by atoms with E-state index in [9.17, 15) is 0 Å². The molecule has 2 aromatic heterocycles. The zero-order chi connectivity index (χ0) is 13.5. The highest BCUT2D eigenvalue weighted by molar-refractivity contribution is 6.37. The first kappa shape index (κ1) is 12.2. The molecule has 20 heavy (non-hydrogen) atoms. The lowest BCUT2D eigenvalue weighted by Gasteiger charge is -2.18. The second-order valence-corrected chi connectivity index (χ2v) is 6.07. The fraction of sp³-hybridized carbons (Fsp3) is 0.353. The third-order valence-electron chi connectivity index (χ3n) is 4.35. The highest BCUT2D eigenvalue weighted by Crippen LogP contribution is 2.38. The number of nitrogens with zero attached hydrogens (tertiary/aromatic N) is 1. The summed E-state index contributed by atoms with van der Waals surface area (Å²) >= 11 is 6.35. The highest BCUT2D eigenvalue weighted by atomic mass is 35.5. The first-order valence-corrected chi connectivity index (χ1v) is 7.67. The quantitative estimate of drug-likeness (QED) is 0.575. The summed E-state index contributed by atoms with van der Waals surface area (Å²) in [5.41, 5.74) is 1.75. The predicted molar refractivity (Wildman–Crippen MR) is 82.4 cm³/mol. The first-order valence-electron chi connectivity index (χ1n) is 7.29. The lowest BCUT2D eigenvalue weighted by molar-refractivity contribution is 0.385. The van der Waals surface area contributed by atoms with Gasteiger partial charge < -0.3 is 4.42 Å². The van der Waals surface area contributed by atoms with E-state index in [4.69, 9.17) is 16.0 Å². The van der Waals surface area contributed by atoms with Crippen molar-refractivity contribution in [2.24, 2.45) is 0 Å². The standard InChI is InChI=1S/C17H16ClNO/c18-14-9-12-10-15(11-5-2-1-3-6-11)20-17(12)16-13(14)7-4-8-19-16/h4,7-11H,1-3,5-6H2. The summed E-state index contributed by atoms with van der Waals surface area (Å²) in [7, 11) is 0. The van der Waals surface area contributed by atoms with E-state index in [-0.39, 0.29) is 0 Å². The van der Waals surface area contributed by atoms with Crippen molar-refractivity contribution < 1.29 is 4.42 Å². The minimum atomic E-state index is 0.564. The number of hydrogen-bond donors (Lipinski definition) is 0. The molecular formula is C17H16ClNO. The Morgan fingerprint density at radius 3 is 2.85 bits per heavy atom. The lowest BCUT2D eigenvalue weighted by Crippen LogP contribution is -2.02. The Balaban J connectivity index is 1.92. The molecule has 3 heteroatoms. The van der Waals surface area contributed by atoms with Crippen LogP contribution in [0.3, 0.4) is 0 Å².